The lowest BCUT2D eigenvalue weighted by atomic mass is 9.88. The number of hydrogen-bond donors (Lipinski definition) is 3. The van der Waals surface area contributed by atoms with Crippen LogP contribution in [-0.2, 0) is 9.59 Å². The van der Waals surface area contributed by atoms with Gasteiger partial charge in [0.1, 0.15) is 5.54 Å². The summed E-state index contributed by atoms with van der Waals surface area (Å²) in [6, 6.07) is 0. The molecular weight excluding hydrogens is 272 g/mol. The number of amides is 1. The van der Waals surface area contributed by atoms with Crippen molar-refractivity contribution < 1.29 is 14.7 Å². The molecule has 1 aromatic rings. The molecule has 1 saturated heterocycles. The highest BCUT2D eigenvalue weighted by molar-refractivity contribution is 5.94. The highest BCUT2D eigenvalue weighted by Gasteiger charge is 2.41. The number of carbonyl (C=O) groups excluding carboxylic acids is 1. The maximum absolute atomic E-state index is 12.2. The van der Waals surface area contributed by atoms with E-state index in [1.807, 2.05) is 6.92 Å². The number of rotatable bonds is 4. The fourth-order valence-electron chi connectivity index (χ4n) is 2.76. The maximum atomic E-state index is 12.2. The van der Waals surface area contributed by atoms with Crippen molar-refractivity contribution in [2.24, 2.45) is 0 Å². The summed E-state index contributed by atoms with van der Waals surface area (Å²) in [6.45, 7) is 6.03. The van der Waals surface area contributed by atoms with Gasteiger partial charge in [-0.25, -0.2) is 0 Å². The first-order valence-electron chi connectivity index (χ1n) is 7.14. The van der Waals surface area contributed by atoms with Crippen molar-refractivity contribution in [3.05, 3.63) is 11.4 Å². The van der Waals surface area contributed by atoms with E-state index in [0.29, 0.717) is 18.7 Å². The molecule has 116 valence electrons. The molecule has 7 nitrogen and oxygen atoms in total. The standard InChI is InChI=1S/C14H22N4O3/c1-9-12(10(2)17-16-9)15-11(19)8-18-7-5-4-6-14(18,3)13(20)21/h4-8H2,1-3H3,(H,15,19)(H,16,17)(H,20,21). The summed E-state index contributed by atoms with van der Waals surface area (Å²) >= 11 is 0. The van der Waals surface area contributed by atoms with Gasteiger partial charge < -0.3 is 10.4 Å². The summed E-state index contributed by atoms with van der Waals surface area (Å²) in [5, 5.41) is 19.1. The summed E-state index contributed by atoms with van der Waals surface area (Å²) in [4.78, 5) is 25.5. The van der Waals surface area contributed by atoms with Crippen LogP contribution in [0, 0.1) is 13.8 Å². The fraction of sp³-hybridized carbons (Fsp3) is 0.643. The number of aryl methyl sites for hydroxylation is 2. The highest BCUT2D eigenvalue weighted by Crippen LogP contribution is 2.28. The lowest BCUT2D eigenvalue weighted by Crippen LogP contribution is -2.57. The number of carboxylic acid groups (broad SMARTS) is 1. The Morgan fingerprint density at radius 2 is 2.14 bits per heavy atom. The zero-order valence-electron chi connectivity index (χ0n) is 12.7. The smallest absolute Gasteiger partial charge is 0.323 e. The lowest BCUT2D eigenvalue weighted by molar-refractivity contribution is -0.153. The molecule has 7 heteroatoms. The van der Waals surface area contributed by atoms with Crippen molar-refractivity contribution in [1.29, 1.82) is 0 Å². The molecule has 1 aromatic heterocycles. The second kappa shape index (κ2) is 5.85. The van der Waals surface area contributed by atoms with Crippen LogP contribution in [0.2, 0.25) is 0 Å². The Morgan fingerprint density at radius 3 is 2.71 bits per heavy atom. The largest absolute Gasteiger partial charge is 0.480 e. The maximum Gasteiger partial charge on any atom is 0.323 e. The van der Waals surface area contributed by atoms with Gasteiger partial charge in [0.05, 0.1) is 23.6 Å². The van der Waals surface area contributed by atoms with Crippen molar-refractivity contribution in [3.8, 4) is 0 Å². The zero-order chi connectivity index (χ0) is 15.6. The van der Waals surface area contributed by atoms with Crippen LogP contribution < -0.4 is 5.32 Å². The monoisotopic (exact) mass is 294 g/mol. The number of anilines is 1. The Hall–Kier alpha value is -1.89. The molecule has 21 heavy (non-hydrogen) atoms. The van der Waals surface area contributed by atoms with Gasteiger partial charge in [-0.15, -0.1) is 0 Å². The van der Waals surface area contributed by atoms with Crippen LogP contribution in [0.5, 0.6) is 0 Å². The Kier molecular flexibility index (Phi) is 4.32. The summed E-state index contributed by atoms with van der Waals surface area (Å²) in [6.07, 6.45) is 2.36. The second-order valence-corrected chi connectivity index (χ2v) is 5.81. The molecule has 1 aliphatic rings. The Balaban J connectivity index is 2.06. The molecular formula is C14H22N4O3. The van der Waals surface area contributed by atoms with E-state index in [1.54, 1.807) is 18.7 Å². The predicted octanol–water partition coefficient (Wildman–Crippen LogP) is 1.29. The van der Waals surface area contributed by atoms with Gasteiger partial charge >= 0.3 is 5.97 Å². The molecule has 1 atom stereocenters. The summed E-state index contributed by atoms with van der Waals surface area (Å²) in [5.41, 5.74) is 1.23. The number of nitrogens with zero attached hydrogens (tertiary/aromatic N) is 2. The quantitative estimate of drug-likeness (QED) is 0.777. The number of H-pyrrole nitrogens is 1. The third-order valence-corrected chi connectivity index (χ3v) is 4.23. The molecule has 0 aromatic carbocycles. The van der Waals surface area contributed by atoms with Crippen LogP contribution in [0.4, 0.5) is 5.69 Å². The number of carbonyl (C=O) groups is 2. The number of nitrogens with one attached hydrogen (secondary N) is 2. The number of aromatic amines is 1. The minimum atomic E-state index is -0.962. The van der Waals surface area contributed by atoms with Crippen molar-refractivity contribution in [1.82, 2.24) is 15.1 Å². The van der Waals surface area contributed by atoms with E-state index in [0.717, 1.165) is 24.2 Å². The molecule has 0 bridgehead atoms. The van der Waals surface area contributed by atoms with Crippen molar-refractivity contribution in [3.63, 3.8) is 0 Å². The molecule has 0 aliphatic carbocycles. The summed E-state index contributed by atoms with van der Waals surface area (Å²) < 4.78 is 0. The molecule has 2 heterocycles. The molecule has 0 saturated carbocycles. The van der Waals surface area contributed by atoms with Gasteiger partial charge in [-0.2, -0.15) is 5.10 Å². The minimum Gasteiger partial charge on any atom is -0.480 e. The van der Waals surface area contributed by atoms with Gasteiger partial charge in [-0.3, -0.25) is 19.6 Å². The Labute approximate surface area is 123 Å². The third kappa shape index (κ3) is 3.07. The lowest BCUT2D eigenvalue weighted by Gasteiger charge is -2.41. The van der Waals surface area contributed by atoms with Crippen LogP contribution in [0.25, 0.3) is 0 Å². The first-order valence-corrected chi connectivity index (χ1v) is 7.14. The minimum absolute atomic E-state index is 0.0763. The first-order chi connectivity index (χ1) is 9.84. The van der Waals surface area contributed by atoms with Gasteiger partial charge in [0.15, 0.2) is 0 Å². The SMILES string of the molecule is Cc1n[nH]c(C)c1NC(=O)CN1CCCCC1(C)C(=O)O. The summed E-state index contributed by atoms with van der Waals surface area (Å²) in [5.74, 6) is -1.08. The van der Waals surface area contributed by atoms with Gasteiger partial charge in [0, 0.05) is 0 Å². The highest BCUT2D eigenvalue weighted by atomic mass is 16.4. The van der Waals surface area contributed by atoms with Gasteiger partial charge in [-0.05, 0) is 46.6 Å². The number of piperidine rings is 1. The van der Waals surface area contributed by atoms with Crippen LogP contribution in [-0.4, -0.2) is 50.7 Å². The van der Waals surface area contributed by atoms with E-state index >= 15 is 0 Å². The van der Waals surface area contributed by atoms with Crippen molar-refractivity contribution in [2.75, 3.05) is 18.4 Å². The molecule has 1 fully saturated rings. The summed E-state index contributed by atoms with van der Waals surface area (Å²) in [7, 11) is 0. The Bertz CT molecular complexity index is 535. The number of hydrogen-bond acceptors (Lipinski definition) is 4. The van der Waals surface area contributed by atoms with Crippen molar-refractivity contribution >= 4 is 17.6 Å². The van der Waals surface area contributed by atoms with Crippen LogP contribution in [0.3, 0.4) is 0 Å². The molecule has 1 amide bonds. The second-order valence-electron chi connectivity index (χ2n) is 5.81. The molecule has 0 radical (unpaired) electrons. The molecule has 0 spiro atoms. The number of aliphatic carboxylic acids is 1. The van der Waals surface area contributed by atoms with E-state index in [4.69, 9.17) is 0 Å². The number of carboxylic acids is 1. The van der Waals surface area contributed by atoms with Crippen LogP contribution >= 0.6 is 0 Å². The number of aromatic nitrogens is 2. The van der Waals surface area contributed by atoms with Gasteiger partial charge in [-0.1, -0.05) is 0 Å². The first kappa shape index (κ1) is 15.5. The molecule has 2 rings (SSSR count). The van der Waals surface area contributed by atoms with E-state index < -0.39 is 11.5 Å². The van der Waals surface area contributed by atoms with Gasteiger partial charge in [0.2, 0.25) is 5.91 Å². The molecule has 1 unspecified atom stereocenters. The molecule has 1 aliphatic heterocycles. The topological polar surface area (TPSA) is 98.3 Å². The van der Waals surface area contributed by atoms with E-state index in [2.05, 4.69) is 15.5 Å². The average Bonchev–Trinajstić information content (AvgIpc) is 2.73. The van der Waals surface area contributed by atoms with Crippen LogP contribution in [0.15, 0.2) is 0 Å². The normalized spacial score (nSPS) is 23.0. The van der Waals surface area contributed by atoms with E-state index in [9.17, 15) is 14.7 Å². The average molecular weight is 294 g/mol. The van der Waals surface area contributed by atoms with E-state index in [1.165, 1.54) is 0 Å². The van der Waals surface area contributed by atoms with Crippen LogP contribution in [0.1, 0.15) is 37.6 Å². The third-order valence-electron chi connectivity index (χ3n) is 4.23. The van der Waals surface area contributed by atoms with E-state index in [-0.39, 0.29) is 12.5 Å². The fourth-order valence-corrected chi connectivity index (χ4v) is 2.76. The zero-order valence-corrected chi connectivity index (χ0v) is 12.7. The Morgan fingerprint density at radius 1 is 1.43 bits per heavy atom. The number of likely N-dealkylation sites (tertiary alicyclic amines) is 1. The van der Waals surface area contributed by atoms with Crippen molar-refractivity contribution in [2.45, 2.75) is 45.6 Å². The van der Waals surface area contributed by atoms with Gasteiger partial charge in [0.25, 0.3) is 0 Å². The predicted molar refractivity (Wildman–Crippen MR) is 78.2 cm³/mol. The molecule has 3 N–H and O–H groups in total.